The van der Waals surface area contributed by atoms with Gasteiger partial charge in [-0.2, -0.15) is 0 Å². The number of phosphoric ester groups is 1. The van der Waals surface area contributed by atoms with E-state index in [0.717, 1.165) is 0 Å². The zero-order valence-corrected chi connectivity index (χ0v) is 8.32. The van der Waals surface area contributed by atoms with E-state index in [9.17, 15) is 9.36 Å². The van der Waals surface area contributed by atoms with Crippen LogP contribution in [0.3, 0.4) is 0 Å². The van der Waals surface area contributed by atoms with Gasteiger partial charge in [-0.25, -0.2) is 9.36 Å². The fourth-order valence-electron chi connectivity index (χ4n) is 0.791. The lowest BCUT2D eigenvalue weighted by atomic mass is 10.3. The molecular formula is C5H9N4O5P. The quantitative estimate of drug-likeness (QED) is 0.522. The van der Waals surface area contributed by atoms with Crippen LogP contribution in [0, 0.1) is 0 Å². The first-order chi connectivity index (χ1) is 6.88. The molecule has 0 saturated heterocycles. The normalized spacial score (nSPS) is 13.5. The summed E-state index contributed by atoms with van der Waals surface area (Å²) in [6, 6.07) is -1.21. The van der Waals surface area contributed by atoms with Crippen LogP contribution in [-0.2, 0) is 20.4 Å². The van der Waals surface area contributed by atoms with Gasteiger partial charge in [0, 0.05) is 6.20 Å². The monoisotopic (exact) mass is 236 g/mol. The molecule has 0 aliphatic heterocycles. The lowest BCUT2D eigenvalue weighted by molar-refractivity contribution is -0.137. The molecule has 0 bridgehead atoms. The summed E-state index contributed by atoms with van der Waals surface area (Å²) in [6.45, 7) is -0.0706. The second kappa shape index (κ2) is 4.49. The lowest BCUT2D eigenvalue weighted by Gasteiger charge is -2.10. The number of carbonyl (C=O) groups excluding carboxylic acids is 1. The molecular weight excluding hydrogens is 227 g/mol. The molecule has 84 valence electrons. The van der Waals surface area contributed by atoms with E-state index in [0.29, 0.717) is 0 Å². The van der Waals surface area contributed by atoms with Gasteiger partial charge in [0.1, 0.15) is 6.04 Å². The summed E-state index contributed by atoms with van der Waals surface area (Å²) in [5.74, 6) is -1.20. The summed E-state index contributed by atoms with van der Waals surface area (Å²) in [6.07, 6.45) is 2.83. The molecule has 1 heterocycles. The smallest absolute Gasteiger partial charge is 0.369 e. The van der Waals surface area contributed by atoms with E-state index >= 15 is 0 Å². The number of nitrogens with zero attached hydrogens (tertiary/aromatic N) is 3. The molecule has 0 spiro atoms. The van der Waals surface area contributed by atoms with Crippen molar-refractivity contribution >= 4 is 13.8 Å². The van der Waals surface area contributed by atoms with E-state index in [4.69, 9.17) is 15.5 Å². The average Bonchev–Trinajstić information content (AvgIpc) is 2.53. The number of rotatable bonds is 4. The third-order valence-corrected chi connectivity index (χ3v) is 1.79. The summed E-state index contributed by atoms with van der Waals surface area (Å²) >= 11 is 0. The van der Waals surface area contributed by atoms with Crippen molar-refractivity contribution in [2.75, 3.05) is 0 Å². The van der Waals surface area contributed by atoms with E-state index in [-0.39, 0.29) is 6.54 Å². The lowest BCUT2D eigenvalue weighted by Crippen LogP contribution is -2.36. The highest BCUT2D eigenvalue weighted by atomic mass is 31.2. The van der Waals surface area contributed by atoms with Gasteiger partial charge in [-0.05, 0) is 0 Å². The van der Waals surface area contributed by atoms with Crippen molar-refractivity contribution in [1.82, 2.24) is 15.0 Å². The summed E-state index contributed by atoms with van der Waals surface area (Å²) in [4.78, 5) is 27.7. The second-order valence-electron chi connectivity index (χ2n) is 2.63. The molecule has 0 saturated carbocycles. The molecule has 1 aromatic rings. The van der Waals surface area contributed by atoms with Gasteiger partial charge < -0.3 is 10.3 Å². The Morgan fingerprint density at radius 1 is 1.67 bits per heavy atom. The Morgan fingerprint density at radius 3 is 2.80 bits per heavy atom. The van der Waals surface area contributed by atoms with Crippen LogP contribution in [0.1, 0.15) is 0 Å². The van der Waals surface area contributed by atoms with E-state index in [1.165, 1.54) is 17.1 Å². The molecule has 9 nitrogen and oxygen atoms in total. The molecule has 10 heteroatoms. The maximum Gasteiger partial charge on any atom is 0.527 e. The van der Waals surface area contributed by atoms with Gasteiger partial charge in [0.15, 0.2) is 0 Å². The predicted molar refractivity (Wildman–Crippen MR) is 46.1 cm³/mol. The highest BCUT2D eigenvalue weighted by Gasteiger charge is 2.25. The minimum Gasteiger partial charge on any atom is -0.369 e. The summed E-state index contributed by atoms with van der Waals surface area (Å²) in [7, 11) is -4.84. The SMILES string of the molecule is NC(Cn1ccnn1)C(=O)OP(=O)(O)O. The standard InChI is InChI=1S/C5H9N4O5P/c6-4(3-9-2-1-7-8-9)5(10)14-15(11,12)13/h1-2,4H,3,6H2,(H2,11,12,13). The number of phosphoric acid groups is 1. The molecule has 1 unspecified atom stereocenters. The topological polar surface area (TPSA) is 141 Å². The molecule has 0 aliphatic carbocycles. The Bertz CT molecular complexity index is 373. The molecule has 0 fully saturated rings. The molecule has 0 aliphatic rings. The molecule has 1 rings (SSSR count). The van der Waals surface area contributed by atoms with Crippen molar-refractivity contribution in [3.63, 3.8) is 0 Å². The highest BCUT2D eigenvalue weighted by molar-refractivity contribution is 7.46. The van der Waals surface area contributed by atoms with E-state index in [1.54, 1.807) is 0 Å². The summed E-state index contributed by atoms with van der Waals surface area (Å²) in [5.41, 5.74) is 5.31. The third-order valence-electron chi connectivity index (χ3n) is 1.37. The van der Waals surface area contributed by atoms with Gasteiger partial charge in [0.25, 0.3) is 0 Å². The molecule has 0 aromatic carbocycles. The zero-order valence-electron chi connectivity index (χ0n) is 7.42. The van der Waals surface area contributed by atoms with Crippen LogP contribution in [-0.4, -0.2) is 36.8 Å². The average molecular weight is 236 g/mol. The van der Waals surface area contributed by atoms with Gasteiger partial charge in [-0.3, -0.25) is 14.5 Å². The Balaban J connectivity index is 2.51. The number of hydrogen-bond donors (Lipinski definition) is 3. The zero-order chi connectivity index (χ0) is 11.5. The first-order valence-corrected chi connectivity index (χ1v) is 5.30. The van der Waals surface area contributed by atoms with Gasteiger partial charge in [-0.15, -0.1) is 5.10 Å². The molecule has 4 N–H and O–H groups in total. The van der Waals surface area contributed by atoms with Crippen LogP contribution >= 0.6 is 7.82 Å². The Kier molecular flexibility index (Phi) is 3.53. The maximum absolute atomic E-state index is 11.0. The van der Waals surface area contributed by atoms with Crippen LogP contribution in [0.5, 0.6) is 0 Å². The summed E-state index contributed by atoms with van der Waals surface area (Å²) in [5, 5.41) is 6.98. The second-order valence-corrected chi connectivity index (χ2v) is 3.80. The van der Waals surface area contributed by atoms with Gasteiger partial charge in [0.05, 0.1) is 12.7 Å². The first kappa shape index (κ1) is 11.8. The highest BCUT2D eigenvalue weighted by Crippen LogP contribution is 2.36. The molecule has 1 atom stereocenters. The maximum atomic E-state index is 11.0. The van der Waals surface area contributed by atoms with Gasteiger partial charge in [-0.1, -0.05) is 5.21 Å². The van der Waals surface area contributed by atoms with Crippen LogP contribution in [0.4, 0.5) is 0 Å². The molecule has 1 aromatic heterocycles. The fourth-order valence-corrected chi connectivity index (χ4v) is 1.16. The molecule has 15 heavy (non-hydrogen) atoms. The first-order valence-electron chi connectivity index (χ1n) is 3.77. The Morgan fingerprint density at radius 2 is 2.33 bits per heavy atom. The van der Waals surface area contributed by atoms with Crippen LogP contribution in [0.2, 0.25) is 0 Å². The Hall–Kier alpha value is -1.28. The molecule has 0 amide bonds. The molecule has 0 radical (unpaired) electrons. The van der Waals surface area contributed by atoms with Gasteiger partial charge >= 0.3 is 13.8 Å². The number of hydrogen-bond acceptors (Lipinski definition) is 6. The van der Waals surface area contributed by atoms with E-state index in [1.807, 2.05) is 0 Å². The number of nitrogens with two attached hydrogens (primary N) is 1. The predicted octanol–water partition coefficient (Wildman–Crippen LogP) is -1.76. The van der Waals surface area contributed by atoms with E-state index < -0.39 is 19.8 Å². The van der Waals surface area contributed by atoms with E-state index in [2.05, 4.69) is 14.8 Å². The van der Waals surface area contributed by atoms with Crippen LogP contribution in [0.15, 0.2) is 12.4 Å². The van der Waals surface area contributed by atoms with Crippen LogP contribution < -0.4 is 5.73 Å². The van der Waals surface area contributed by atoms with Crippen molar-refractivity contribution < 1.29 is 23.7 Å². The fraction of sp³-hybridized carbons (Fsp3) is 0.400. The van der Waals surface area contributed by atoms with Crippen molar-refractivity contribution in [2.45, 2.75) is 12.6 Å². The van der Waals surface area contributed by atoms with Crippen molar-refractivity contribution in [3.8, 4) is 0 Å². The van der Waals surface area contributed by atoms with Gasteiger partial charge in [0.2, 0.25) is 0 Å². The largest absolute Gasteiger partial charge is 0.527 e. The minimum absolute atomic E-state index is 0.0706. The van der Waals surface area contributed by atoms with Crippen molar-refractivity contribution in [1.29, 1.82) is 0 Å². The Labute approximate surface area is 84.1 Å². The van der Waals surface area contributed by atoms with Crippen molar-refractivity contribution in [3.05, 3.63) is 12.4 Å². The summed E-state index contributed by atoms with van der Waals surface area (Å²) < 4.78 is 15.3. The number of aromatic nitrogens is 3. The van der Waals surface area contributed by atoms with Crippen LogP contribution in [0.25, 0.3) is 0 Å². The third kappa shape index (κ3) is 4.17. The number of carbonyl (C=O) groups is 1. The minimum atomic E-state index is -4.84. The van der Waals surface area contributed by atoms with Crippen molar-refractivity contribution in [2.24, 2.45) is 5.73 Å².